The van der Waals surface area contributed by atoms with E-state index in [9.17, 15) is 0 Å². The number of furan rings is 1. The second-order valence-electron chi connectivity index (χ2n) is 13.3. The van der Waals surface area contributed by atoms with Gasteiger partial charge in [0.25, 0.3) is 0 Å². The normalized spacial score (nSPS) is 11.9. The Labute approximate surface area is 298 Å². The van der Waals surface area contributed by atoms with Crippen molar-refractivity contribution in [1.29, 1.82) is 0 Å². The van der Waals surface area contributed by atoms with Crippen LogP contribution in [-0.2, 0) is 0 Å². The van der Waals surface area contributed by atoms with E-state index < -0.39 is 0 Å². The molecule has 11 rings (SSSR count). The fraction of sp³-hybridized carbons (Fsp3) is 0. The number of hydrogen-bond donors (Lipinski definition) is 0. The molecule has 0 aliphatic carbocycles. The Morgan fingerprint density at radius 1 is 0.373 bits per heavy atom. The fourth-order valence-corrected chi connectivity index (χ4v) is 9.19. The van der Waals surface area contributed by atoms with Gasteiger partial charge in [-0.1, -0.05) is 109 Å². The number of benzene rings is 9. The molecule has 0 unspecified atom stereocenters. The van der Waals surface area contributed by atoms with E-state index in [0.717, 1.165) is 39.0 Å². The van der Waals surface area contributed by atoms with E-state index in [4.69, 9.17) is 4.42 Å². The van der Waals surface area contributed by atoms with Gasteiger partial charge in [-0.15, -0.1) is 11.3 Å². The van der Waals surface area contributed by atoms with Gasteiger partial charge < -0.3 is 9.32 Å². The van der Waals surface area contributed by atoms with Crippen molar-refractivity contribution in [3.63, 3.8) is 0 Å². The lowest BCUT2D eigenvalue weighted by Crippen LogP contribution is -2.09. The molecule has 0 radical (unpaired) electrons. The van der Waals surface area contributed by atoms with Crippen LogP contribution >= 0.6 is 11.3 Å². The van der Waals surface area contributed by atoms with E-state index in [1.54, 1.807) is 0 Å². The van der Waals surface area contributed by atoms with Crippen molar-refractivity contribution < 1.29 is 4.42 Å². The van der Waals surface area contributed by atoms with Gasteiger partial charge in [0.1, 0.15) is 11.2 Å². The van der Waals surface area contributed by atoms with Crippen LogP contribution in [0.4, 0.5) is 17.1 Å². The highest BCUT2D eigenvalue weighted by Gasteiger charge is 2.19. The number of hydrogen-bond acceptors (Lipinski definition) is 3. The lowest BCUT2D eigenvalue weighted by atomic mass is 9.95. The number of anilines is 3. The zero-order valence-electron chi connectivity index (χ0n) is 27.5. The number of nitrogens with zero attached hydrogens (tertiary/aromatic N) is 1. The van der Waals surface area contributed by atoms with Gasteiger partial charge in [0.15, 0.2) is 0 Å². The Hall–Kier alpha value is -6.42. The summed E-state index contributed by atoms with van der Waals surface area (Å²) in [6.45, 7) is 0. The lowest BCUT2D eigenvalue weighted by Gasteiger charge is -2.25. The molecule has 0 bridgehead atoms. The fourth-order valence-electron chi connectivity index (χ4n) is 8.07. The molecule has 51 heavy (non-hydrogen) atoms. The predicted octanol–water partition coefficient (Wildman–Crippen LogP) is 14.6. The maximum absolute atomic E-state index is 6.39. The Morgan fingerprint density at radius 2 is 1.06 bits per heavy atom. The van der Waals surface area contributed by atoms with Crippen LogP contribution in [0.5, 0.6) is 0 Å². The zero-order chi connectivity index (χ0) is 33.5. The van der Waals surface area contributed by atoms with Crippen molar-refractivity contribution in [3.05, 3.63) is 176 Å². The third-order valence-corrected chi connectivity index (χ3v) is 11.5. The molecule has 0 saturated carbocycles. The molecule has 0 N–H and O–H groups in total. The van der Waals surface area contributed by atoms with E-state index in [-0.39, 0.29) is 0 Å². The van der Waals surface area contributed by atoms with Crippen molar-refractivity contribution in [3.8, 4) is 11.1 Å². The molecule has 0 aliphatic heterocycles. The van der Waals surface area contributed by atoms with Crippen LogP contribution in [0.2, 0.25) is 0 Å². The van der Waals surface area contributed by atoms with Gasteiger partial charge in [-0.3, -0.25) is 0 Å². The van der Waals surface area contributed by atoms with Gasteiger partial charge in [0.2, 0.25) is 0 Å². The van der Waals surface area contributed by atoms with Gasteiger partial charge in [0.05, 0.1) is 0 Å². The molecule has 0 fully saturated rings. The average molecular weight is 668 g/mol. The van der Waals surface area contributed by atoms with Gasteiger partial charge in [-0.05, 0) is 110 Å². The molecular formula is C48H29NOS. The van der Waals surface area contributed by atoms with Gasteiger partial charge >= 0.3 is 0 Å². The summed E-state index contributed by atoms with van der Waals surface area (Å²) in [5.41, 5.74) is 7.61. The second-order valence-corrected chi connectivity index (χ2v) is 14.4. The van der Waals surface area contributed by atoms with Crippen LogP contribution in [0.25, 0.3) is 85.6 Å². The Balaban J connectivity index is 1.12. The minimum atomic E-state index is 0.894. The van der Waals surface area contributed by atoms with Crippen LogP contribution < -0.4 is 4.90 Å². The maximum atomic E-state index is 6.39. The van der Waals surface area contributed by atoms with Crippen LogP contribution in [0.15, 0.2) is 180 Å². The summed E-state index contributed by atoms with van der Waals surface area (Å²) in [5.74, 6) is 0. The second kappa shape index (κ2) is 11.0. The first-order valence-electron chi connectivity index (χ1n) is 17.3. The van der Waals surface area contributed by atoms with Crippen LogP contribution in [0, 0.1) is 0 Å². The molecule has 9 aromatic carbocycles. The largest absolute Gasteiger partial charge is 0.456 e. The van der Waals surface area contributed by atoms with Crippen LogP contribution in [0.1, 0.15) is 0 Å². The summed E-state index contributed by atoms with van der Waals surface area (Å²) >= 11 is 1.86. The average Bonchev–Trinajstić information content (AvgIpc) is 3.76. The predicted molar refractivity (Wildman–Crippen MR) is 219 cm³/mol. The molecule has 2 heterocycles. The number of rotatable bonds is 4. The van der Waals surface area contributed by atoms with Crippen molar-refractivity contribution in [2.75, 3.05) is 4.90 Å². The van der Waals surface area contributed by atoms with E-state index in [1.807, 2.05) is 11.3 Å². The van der Waals surface area contributed by atoms with Crippen molar-refractivity contribution in [2.24, 2.45) is 0 Å². The van der Waals surface area contributed by atoms with E-state index in [0.29, 0.717) is 0 Å². The van der Waals surface area contributed by atoms with E-state index in [1.165, 1.54) is 63.6 Å². The van der Waals surface area contributed by atoms with Gasteiger partial charge in [-0.2, -0.15) is 0 Å². The quantitative estimate of drug-likeness (QED) is 0.174. The summed E-state index contributed by atoms with van der Waals surface area (Å²) in [7, 11) is 0. The topological polar surface area (TPSA) is 16.4 Å². The molecule has 0 amide bonds. The molecule has 2 aromatic heterocycles. The molecule has 0 spiro atoms. The Kier molecular flexibility index (Phi) is 6.16. The number of fused-ring (bicyclic) bond motifs is 11. The Morgan fingerprint density at radius 3 is 1.94 bits per heavy atom. The molecule has 2 nitrogen and oxygen atoms in total. The first kappa shape index (κ1) is 28.4. The van der Waals surface area contributed by atoms with Crippen LogP contribution in [0.3, 0.4) is 0 Å². The summed E-state index contributed by atoms with van der Waals surface area (Å²) in [5, 5.41) is 12.4. The molecule has 0 saturated heterocycles. The third kappa shape index (κ3) is 4.42. The third-order valence-electron chi connectivity index (χ3n) is 10.4. The van der Waals surface area contributed by atoms with Crippen molar-refractivity contribution in [2.45, 2.75) is 0 Å². The van der Waals surface area contributed by atoms with Gasteiger partial charge in [-0.25, -0.2) is 0 Å². The highest BCUT2D eigenvalue weighted by atomic mass is 32.1. The maximum Gasteiger partial charge on any atom is 0.136 e. The highest BCUT2D eigenvalue weighted by molar-refractivity contribution is 7.26. The Bertz CT molecular complexity index is 3150. The molecule has 0 aliphatic rings. The first-order chi connectivity index (χ1) is 25.3. The molecular weight excluding hydrogens is 639 g/mol. The molecule has 11 aromatic rings. The first-order valence-corrected chi connectivity index (χ1v) is 18.1. The molecule has 3 heteroatoms. The van der Waals surface area contributed by atoms with Crippen LogP contribution in [-0.4, -0.2) is 0 Å². The van der Waals surface area contributed by atoms with Gasteiger partial charge in [0, 0.05) is 48.0 Å². The molecule has 0 atom stereocenters. The summed E-state index contributed by atoms with van der Waals surface area (Å²) in [4.78, 5) is 2.37. The smallest absolute Gasteiger partial charge is 0.136 e. The minimum absolute atomic E-state index is 0.894. The SMILES string of the molecule is c1ccc(N(c2ccc3sc4cccc(-c5ccc6c(ccc7ccccc76)c5)c4c3c2)c2ccc3oc4ccc5ccccc5c4c3c2)cc1. The summed E-state index contributed by atoms with van der Waals surface area (Å²) in [6.07, 6.45) is 0. The summed E-state index contributed by atoms with van der Waals surface area (Å²) in [6, 6.07) is 63.8. The standard InChI is InChI=1S/C48H29NOS/c1-2-11-34(12-3-1)49(35-21-25-43-41(28-35)47-39-14-7-5-10-31(39)20-24-44(47)50-43)36-22-26-45-42(29-36)48-40(15-8-16-46(48)51-45)33-19-23-38-32(27-33)18-17-30-9-4-6-13-37(30)38/h1-29H. The van der Waals surface area contributed by atoms with Crippen molar-refractivity contribution in [1.82, 2.24) is 0 Å². The van der Waals surface area contributed by atoms with E-state index in [2.05, 4.69) is 181 Å². The lowest BCUT2D eigenvalue weighted by molar-refractivity contribution is 0.669. The molecule has 238 valence electrons. The highest BCUT2D eigenvalue weighted by Crippen LogP contribution is 2.45. The summed E-state index contributed by atoms with van der Waals surface area (Å²) < 4.78 is 8.96. The number of thiophene rings is 1. The van der Waals surface area contributed by atoms with E-state index >= 15 is 0 Å². The monoisotopic (exact) mass is 667 g/mol. The zero-order valence-corrected chi connectivity index (χ0v) is 28.3. The minimum Gasteiger partial charge on any atom is -0.456 e. The van der Waals surface area contributed by atoms with Crippen molar-refractivity contribution >= 4 is 103 Å². The number of para-hydroxylation sites is 1.